The van der Waals surface area contributed by atoms with E-state index in [-0.39, 0.29) is 18.3 Å². The molecule has 0 amide bonds. The number of hydrogen-bond donors (Lipinski definition) is 0. The second-order valence-electron chi connectivity index (χ2n) is 5.06. The molecule has 102 valence electrons. The first-order chi connectivity index (χ1) is 9.84. The van der Waals surface area contributed by atoms with E-state index in [1.807, 2.05) is 36.4 Å². The summed E-state index contributed by atoms with van der Waals surface area (Å²) >= 11 is 0. The van der Waals surface area contributed by atoms with E-state index in [1.54, 1.807) is 6.20 Å². The highest BCUT2D eigenvalue weighted by Crippen LogP contribution is 2.30. The van der Waals surface area contributed by atoms with Gasteiger partial charge in [-0.3, -0.25) is 9.78 Å². The van der Waals surface area contributed by atoms with Crippen LogP contribution in [0.25, 0.3) is 0 Å². The third-order valence-electron chi connectivity index (χ3n) is 3.71. The summed E-state index contributed by atoms with van der Waals surface area (Å²) in [5.74, 6) is 0.745. The smallest absolute Gasteiger partial charge is 0.179 e. The molecule has 1 aliphatic rings. The van der Waals surface area contributed by atoms with Crippen LogP contribution in [-0.4, -0.2) is 17.4 Å². The highest BCUT2D eigenvalue weighted by atomic mass is 16.5. The zero-order chi connectivity index (χ0) is 13.8. The molecule has 3 rings (SSSR count). The van der Waals surface area contributed by atoms with Crippen molar-refractivity contribution in [1.29, 1.82) is 0 Å². The molecule has 0 saturated heterocycles. The van der Waals surface area contributed by atoms with Gasteiger partial charge in [-0.25, -0.2) is 0 Å². The molecule has 3 heteroatoms. The molecule has 0 bridgehead atoms. The topological polar surface area (TPSA) is 39.2 Å². The molecule has 1 aromatic carbocycles. The van der Waals surface area contributed by atoms with E-state index >= 15 is 0 Å². The fraction of sp³-hybridized carbons (Fsp3) is 0.294. The van der Waals surface area contributed by atoms with Crippen molar-refractivity contribution in [3.63, 3.8) is 0 Å². The van der Waals surface area contributed by atoms with Crippen LogP contribution >= 0.6 is 0 Å². The number of para-hydroxylation sites is 1. The Balaban J connectivity index is 1.69. The molecule has 0 fully saturated rings. The first-order valence-electron chi connectivity index (χ1n) is 6.99. The standard InChI is InChI=1S/C17H17NO2/c19-16(12-20-14-8-2-1-3-9-14)15-10-4-6-13-7-5-11-18-17(13)15/h1-3,5,7-9,11,15H,4,6,10,12H2. The highest BCUT2D eigenvalue weighted by molar-refractivity contribution is 5.87. The maximum atomic E-state index is 12.4. The number of fused-ring (bicyclic) bond motifs is 1. The Labute approximate surface area is 118 Å². The number of carbonyl (C=O) groups is 1. The Kier molecular flexibility index (Phi) is 3.77. The number of Topliss-reactive ketones (excluding diaryl/α,β-unsaturated/α-hetero) is 1. The third-order valence-corrected chi connectivity index (χ3v) is 3.71. The van der Waals surface area contributed by atoms with Gasteiger partial charge in [-0.05, 0) is 43.0 Å². The minimum absolute atomic E-state index is 0.108. The number of carbonyl (C=O) groups excluding carboxylic acids is 1. The van der Waals surface area contributed by atoms with E-state index in [4.69, 9.17) is 4.74 Å². The fourth-order valence-corrected chi connectivity index (χ4v) is 2.69. The zero-order valence-electron chi connectivity index (χ0n) is 11.3. The maximum absolute atomic E-state index is 12.4. The van der Waals surface area contributed by atoms with Crippen LogP contribution in [0, 0.1) is 0 Å². The third kappa shape index (κ3) is 2.72. The molecule has 1 unspecified atom stereocenters. The van der Waals surface area contributed by atoms with Crippen LogP contribution in [0.2, 0.25) is 0 Å². The second kappa shape index (κ2) is 5.87. The molecule has 0 aliphatic heterocycles. The Hall–Kier alpha value is -2.16. The van der Waals surface area contributed by atoms with E-state index in [0.29, 0.717) is 0 Å². The lowest BCUT2D eigenvalue weighted by molar-refractivity contribution is -0.122. The van der Waals surface area contributed by atoms with Gasteiger partial charge in [0.05, 0.1) is 11.6 Å². The molecule has 3 nitrogen and oxygen atoms in total. The average molecular weight is 267 g/mol. The summed E-state index contributed by atoms with van der Waals surface area (Å²) in [6.07, 6.45) is 4.70. The van der Waals surface area contributed by atoms with Crippen molar-refractivity contribution in [3.05, 3.63) is 59.9 Å². The number of nitrogens with zero attached hydrogens (tertiary/aromatic N) is 1. The lowest BCUT2D eigenvalue weighted by atomic mass is 9.84. The van der Waals surface area contributed by atoms with Crippen LogP contribution in [0.5, 0.6) is 5.75 Å². The van der Waals surface area contributed by atoms with Crippen molar-refractivity contribution in [2.75, 3.05) is 6.61 Å². The number of rotatable bonds is 4. The summed E-state index contributed by atoms with van der Waals surface area (Å²) in [4.78, 5) is 16.8. The molecule has 1 heterocycles. The number of hydrogen-bond acceptors (Lipinski definition) is 3. The van der Waals surface area contributed by atoms with E-state index in [0.717, 1.165) is 30.7 Å². The fourth-order valence-electron chi connectivity index (χ4n) is 2.69. The van der Waals surface area contributed by atoms with Crippen LogP contribution in [0.1, 0.15) is 30.0 Å². The molecular weight excluding hydrogens is 250 g/mol. The summed E-state index contributed by atoms with van der Waals surface area (Å²) in [6.45, 7) is 0.116. The van der Waals surface area contributed by atoms with E-state index in [2.05, 4.69) is 11.1 Å². The van der Waals surface area contributed by atoms with Crippen molar-refractivity contribution >= 4 is 5.78 Å². The van der Waals surface area contributed by atoms with Crippen molar-refractivity contribution in [3.8, 4) is 5.75 Å². The molecule has 1 aromatic heterocycles. The minimum atomic E-state index is -0.108. The summed E-state index contributed by atoms with van der Waals surface area (Å²) in [6, 6.07) is 13.5. The SMILES string of the molecule is O=C(COc1ccccc1)C1CCCc2cccnc21. The van der Waals surface area contributed by atoms with Crippen molar-refractivity contribution < 1.29 is 9.53 Å². The number of pyridine rings is 1. The van der Waals surface area contributed by atoms with Crippen LogP contribution in [0.15, 0.2) is 48.7 Å². The summed E-state index contributed by atoms with van der Waals surface area (Å²) in [5.41, 5.74) is 2.15. The quantitative estimate of drug-likeness (QED) is 0.854. The Bertz CT molecular complexity index is 595. The Morgan fingerprint density at radius 3 is 2.90 bits per heavy atom. The second-order valence-corrected chi connectivity index (χ2v) is 5.06. The first-order valence-corrected chi connectivity index (χ1v) is 6.99. The van der Waals surface area contributed by atoms with Crippen LogP contribution in [0.3, 0.4) is 0 Å². The monoisotopic (exact) mass is 267 g/mol. The molecule has 2 aromatic rings. The van der Waals surface area contributed by atoms with Gasteiger partial charge in [0.15, 0.2) is 5.78 Å². The summed E-state index contributed by atoms with van der Waals surface area (Å²) in [5, 5.41) is 0. The highest BCUT2D eigenvalue weighted by Gasteiger charge is 2.27. The minimum Gasteiger partial charge on any atom is -0.486 e. The summed E-state index contributed by atoms with van der Waals surface area (Å²) < 4.78 is 5.56. The van der Waals surface area contributed by atoms with Gasteiger partial charge in [-0.1, -0.05) is 24.3 Å². The molecule has 0 saturated carbocycles. The molecule has 20 heavy (non-hydrogen) atoms. The zero-order valence-corrected chi connectivity index (χ0v) is 11.3. The van der Waals surface area contributed by atoms with Gasteiger partial charge in [-0.15, -0.1) is 0 Å². The first kappa shape index (κ1) is 12.9. The number of aromatic nitrogens is 1. The number of ether oxygens (including phenoxy) is 1. The molecular formula is C17H17NO2. The molecule has 0 spiro atoms. The Morgan fingerprint density at radius 2 is 2.05 bits per heavy atom. The van der Waals surface area contributed by atoms with Crippen molar-refractivity contribution in [2.24, 2.45) is 0 Å². The average Bonchev–Trinajstić information content (AvgIpc) is 2.53. The van der Waals surface area contributed by atoms with Crippen LogP contribution < -0.4 is 4.74 Å². The van der Waals surface area contributed by atoms with Gasteiger partial charge < -0.3 is 4.74 Å². The number of aryl methyl sites for hydroxylation is 1. The Morgan fingerprint density at radius 1 is 1.20 bits per heavy atom. The molecule has 0 radical (unpaired) electrons. The van der Waals surface area contributed by atoms with E-state index in [1.165, 1.54) is 5.56 Å². The van der Waals surface area contributed by atoms with Crippen LogP contribution in [0.4, 0.5) is 0 Å². The van der Waals surface area contributed by atoms with Gasteiger partial charge in [0.2, 0.25) is 0 Å². The lowest BCUT2D eigenvalue weighted by Crippen LogP contribution is -2.24. The normalized spacial score (nSPS) is 17.3. The lowest BCUT2D eigenvalue weighted by Gasteiger charge is -2.23. The van der Waals surface area contributed by atoms with Gasteiger partial charge >= 0.3 is 0 Å². The van der Waals surface area contributed by atoms with E-state index in [9.17, 15) is 4.79 Å². The number of ketones is 1. The molecule has 1 atom stereocenters. The predicted molar refractivity (Wildman–Crippen MR) is 76.9 cm³/mol. The molecule has 1 aliphatic carbocycles. The van der Waals surface area contributed by atoms with Crippen molar-refractivity contribution in [1.82, 2.24) is 4.98 Å². The molecule has 0 N–H and O–H groups in total. The summed E-state index contributed by atoms with van der Waals surface area (Å²) in [7, 11) is 0. The van der Waals surface area contributed by atoms with Gasteiger partial charge in [0.1, 0.15) is 12.4 Å². The maximum Gasteiger partial charge on any atom is 0.179 e. The predicted octanol–water partition coefficient (Wildman–Crippen LogP) is 3.15. The van der Waals surface area contributed by atoms with Crippen LogP contribution in [-0.2, 0) is 11.2 Å². The number of benzene rings is 1. The van der Waals surface area contributed by atoms with Gasteiger partial charge in [-0.2, -0.15) is 0 Å². The largest absolute Gasteiger partial charge is 0.486 e. The van der Waals surface area contributed by atoms with E-state index < -0.39 is 0 Å². The van der Waals surface area contributed by atoms with Gasteiger partial charge in [0, 0.05) is 6.20 Å². The van der Waals surface area contributed by atoms with Gasteiger partial charge in [0.25, 0.3) is 0 Å². The van der Waals surface area contributed by atoms with Crippen molar-refractivity contribution in [2.45, 2.75) is 25.2 Å².